The highest BCUT2D eigenvalue weighted by molar-refractivity contribution is 6.04. The lowest BCUT2D eigenvalue weighted by atomic mass is 10.1. The summed E-state index contributed by atoms with van der Waals surface area (Å²) in [6, 6.07) is 9.09. The Morgan fingerprint density at radius 3 is 2.79 bits per heavy atom. The van der Waals surface area contributed by atoms with Crippen LogP contribution in [0.25, 0.3) is 5.69 Å². The van der Waals surface area contributed by atoms with E-state index in [1.54, 1.807) is 41.6 Å². The minimum Gasteiger partial charge on any atom is -0.494 e. The molecule has 1 amide bonds. The topological polar surface area (TPSA) is 69.0 Å². The minimum atomic E-state index is -0.203. The van der Waals surface area contributed by atoms with Crippen LogP contribution in [0.4, 0.5) is 5.69 Å². The third-order valence-electron chi connectivity index (χ3n) is 3.52. The zero-order chi connectivity index (χ0) is 16.9. The highest BCUT2D eigenvalue weighted by atomic mass is 16.5. The highest BCUT2D eigenvalue weighted by Gasteiger charge is 2.10. The van der Waals surface area contributed by atoms with E-state index < -0.39 is 0 Å². The highest BCUT2D eigenvalue weighted by Crippen LogP contribution is 2.20. The maximum atomic E-state index is 12.4. The first-order valence-corrected chi connectivity index (χ1v) is 7.67. The van der Waals surface area contributed by atoms with Gasteiger partial charge in [0.25, 0.3) is 5.91 Å². The fraction of sp³-hybridized carbons (Fsp3) is 0.167. The number of aryl methyl sites for hydroxylation is 1. The zero-order valence-electron chi connectivity index (χ0n) is 13.6. The van der Waals surface area contributed by atoms with E-state index in [1.807, 2.05) is 32.0 Å². The van der Waals surface area contributed by atoms with Gasteiger partial charge in [-0.1, -0.05) is 6.07 Å². The number of hydrogen-bond acceptors (Lipinski definition) is 4. The number of rotatable bonds is 5. The van der Waals surface area contributed by atoms with Crippen molar-refractivity contribution in [1.82, 2.24) is 14.8 Å². The smallest absolute Gasteiger partial charge is 0.255 e. The van der Waals surface area contributed by atoms with Gasteiger partial charge in [0.1, 0.15) is 5.75 Å². The molecule has 24 heavy (non-hydrogen) atoms. The molecule has 122 valence electrons. The number of carbonyl (C=O) groups excluding carboxylic acids is 1. The normalized spacial score (nSPS) is 10.4. The largest absolute Gasteiger partial charge is 0.494 e. The Bertz CT molecular complexity index is 843. The lowest BCUT2D eigenvalue weighted by Crippen LogP contribution is -2.12. The summed E-state index contributed by atoms with van der Waals surface area (Å²) in [5.74, 6) is 0.517. The van der Waals surface area contributed by atoms with Gasteiger partial charge in [-0.2, -0.15) is 5.10 Å². The average molecular weight is 322 g/mol. The van der Waals surface area contributed by atoms with Crippen LogP contribution in [-0.4, -0.2) is 27.3 Å². The molecule has 0 aliphatic heterocycles. The number of carbonyl (C=O) groups is 1. The predicted octanol–water partition coefficient (Wildman–Crippen LogP) is 3.23. The average Bonchev–Trinajstić information content (AvgIpc) is 3.06. The zero-order valence-corrected chi connectivity index (χ0v) is 13.6. The van der Waals surface area contributed by atoms with Crippen molar-refractivity contribution in [2.75, 3.05) is 11.9 Å². The van der Waals surface area contributed by atoms with Crippen LogP contribution in [0.15, 0.2) is 55.1 Å². The Kier molecular flexibility index (Phi) is 4.56. The summed E-state index contributed by atoms with van der Waals surface area (Å²) < 4.78 is 7.22. The molecule has 1 N–H and O–H groups in total. The molecule has 0 atom stereocenters. The molecule has 0 saturated carbocycles. The van der Waals surface area contributed by atoms with Gasteiger partial charge in [0.05, 0.1) is 30.4 Å². The van der Waals surface area contributed by atoms with E-state index in [-0.39, 0.29) is 5.91 Å². The number of benzene rings is 1. The Balaban J connectivity index is 1.76. The lowest BCUT2D eigenvalue weighted by Gasteiger charge is -2.09. The molecule has 0 aliphatic rings. The summed E-state index contributed by atoms with van der Waals surface area (Å²) in [7, 11) is 0. The molecule has 6 nitrogen and oxygen atoms in total. The van der Waals surface area contributed by atoms with E-state index >= 15 is 0 Å². The van der Waals surface area contributed by atoms with Gasteiger partial charge in [-0.15, -0.1) is 0 Å². The molecule has 0 spiro atoms. The maximum absolute atomic E-state index is 12.4. The number of ether oxygens (including phenoxy) is 1. The van der Waals surface area contributed by atoms with Crippen LogP contribution in [0, 0.1) is 6.92 Å². The number of nitrogens with zero attached hydrogens (tertiary/aromatic N) is 3. The van der Waals surface area contributed by atoms with Gasteiger partial charge >= 0.3 is 0 Å². The molecule has 1 aromatic carbocycles. The van der Waals surface area contributed by atoms with E-state index in [9.17, 15) is 4.79 Å². The van der Waals surface area contributed by atoms with Gasteiger partial charge in [0.15, 0.2) is 0 Å². The van der Waals surface area contributed by atoms with Crippen LogP contribution in [-0.2, 0) is 0 Å². The van der Waals surface area contributed by atoms with Crippen molar-refractivity contribution < 1.29 is 9.53 Å². The molecule has 3 aromatic rings. The number of hydrogen-bond donors (Lipinski definition) is 1. The van der Waals surface area contributed by atoms with Crippen molar-refractivity contribution in [1.29, 1.82) is 0 Å². The van der Waals surface area contributed by atoms with Crippen LogP contribution >= 0.6 is 0 Å². The van der Waals surface area contributed by atoms with Crippen LogP contribution in [0.3, 0.4) is 0 Å². The van der Waals surface area contributed by atoms with Crippen LogP contribution < -0.4 is 10.1 Å². The number of nitrogens with one attached hydrogen (secondary N) is 1. The van der Waals surface area contributed by atoms with E-state index in [0.29, 0.717) is 17.9 Å². The third kappa shape index (κ3) is 3.43. The standard InChI is InChI=1S/C18H18N4O2/c1-3-24-17-10-14(5-4-13(17)2)18(23)21-15-11-20-22(12-15)16-6-8-19-9-7-16/h4-12H,3H2,1-2H3,(H,21,23). The van der Waals surface area contributed by atoms with Crippen LogP contribution in [0.2, 0.25) is 0 Å². The molecule has 0 aliphatic carbocycles. The summed E-state index contributed by atoms with van der Waals surface area (Å²) in [5.41, 5.74) is 3.04. The fourth-order valence-electron chi connectivity index (χ4n) is 2.28. The minimum absolute atomic E-state index is 0.203. The van der Waals surface area contributed by atoms with E-state index in [2.05, 4.69) is 15.4 Å². The van der Waals surface area contributed by atoms with Crippen molar-refractivity contribution in [3.05, 3.63) is 66.2 Å². The van der Waals surface area contributed by atoms with Gasteiger partial charge in [0.2, 0.25) is 0 Å². The number of anilines is 1. The quantitative estimate of drug-likeness (QED) is 0.783. The number of amides is 1. The molecule has 0 unspecified atom stereocenters. The second kappa shape index (κ2) is 6.95. The van der Waals surface area contributed by atoms with Crippen LogP contribution in [0.1, 0.15) is 22.8 Å². The molecule has 0 radical (unpaired) electrons. The van der Waals surface area contributed by atoms with E-state index in [0.717, 1.165) is 17.0 Å². The SMILES string of the molecule is CCOc1cc(C(=O)Nc2cnn(-c3ccncc3)c2)ccc1C. The fourth-order valence-corrected chi connectivity index (χ4v) is 2.28. The second-order valence-corrected chi connectivity index (χ2v) is 5.25. The summed E-state index contributed by atoms with van der Waals surface area (Å²) in [5, 5.41) is 7.09. The molecule has 6 heteroatoms. The summed E-state index contributed by atoms with van der Waals surface area (Å²) in [6.45, 7) is 4.43. The van der Waals surface area contributed by atoms with Crippen LogP contribution in [0.5, 0.6) is 5.75 Å². The Morgan fingerprint density at radius 1 is 1.25 bits per heavy atom. The van der Waals surface area contributed by atoms with E-state index in [4.69, 9.17) is 4.74 Å². The molecular formula is C18H18N4O2. The van der Waals surface area contributed by atoms with Crippen molar-refractivity contribution in [3.63, 3.8) is 0 Å². The molecule has 3 rings (SSSR count). The predicted molar refractivity (Wildman–Crippen MR) is 91.7 cm³/mol. The number of pyridine rings is 1. The van der Waals surface area contributed by atoms with Crippen molar-refractivity contribution in [2.24, 2.45) is 0 Å². The maximum Gasteiger partial charge on any atom is 0.255 e. The van der Waals surface area contributed by atoms with Crippen molar-refractivity contribution >= 4 is 11.6 Å². The first kappa shape index (κ1) is 15.7. The summed E-state index contributed by atoms with van der Waals surface area (Å²) in [4.78, 5) is 16.4. The van der Waals surface area contributed by atoms with Gasteiger partial charge in [0, 0.05) is 18.0 Å². The molecule has 0 saturated heterocycles. The van der Waals surface area contributed by atoms with E-state index in [1.165, 1.54) is 0 Å². The summed E-state index contributed by atoms with van der Waals surface area (Å²) >= 11 is 0. The third-order valence-corrected chi connectivity index (χ3v) is 3.52. The second-order valence-electron chi connectivity index (χ2n) is 5.25. The molecule has 2 heterocycles. The summed E-state index contributed by atoms with van der Waals surface area (Å²) in [6.07, 6.45) is 6.74. The Labute approximate surface area is 140 Å². The van der Waals surface area contributed by atoms with Gasteiger partial charge in [-0.25, -0.2) is 4.68 Å². The molecular weight excluding hydrogens is 304 g/mol. The molecule has 2 aromatic heterocycles. The van der Waals surface area contributed by atoms with Gasteiger partial charge < -0.3 is 10.1 Å². The number of aromatic nitrogens is 3. The lowest BCUT2D eigenvalue weighted by molar-refractivity contribution is 0.102. The van der Waals surface area contributed by atoms with Crippen molar-refractivity contribution in [2.45, 2.75) is 13.8 Å². The Hall–Kier alpha value is -3.15. The Morgan fingerprint density at radius 2 is 2.04 bits per heavy atom. The monoisotopic (exact) mass is 322 g/mol. The first-order chi connectivity index (χ1) is 11.7. The van der Waals surface area contributed by atoms with Gasteiger partial charge in [-0.3, -0.25) is 9.78 Å². The molecule has 0 bridgehead atoms. The van der Waals surface area contributed by atoms with Gasteiger partial charge in [-0.05, 0) is 43.7 Å². The van der Waals surface area contributed by atoms with Crippen molar-refractivity contribution in [3.8, 4) is 11.4 Å². The first-order valence-electron chi connectivity index (χ1n) is 7.67. The molecule has 0 fully saturated rings.